The monoisotopic (exact) mass is 282 g/mol. The van der Waals surface area contributed by atoms with Crippen molar-refractivity contribution >= 4 is 17.5 Å². The minimum atomic E-state index is -0.300. The molecule has 0 spiro atoms. The van der Waals surface area contributed by atoms with E-state index in [4.69, 9.17) is 17.3 Å². The number of carbonyl (C=O) groups is 1. The van der Waals surface area contributed by atoms with Gasteiger partial charge >= 0.3 is 0 Å². The first kappa shape index (κ1) is 16.0. The summed E-state index contributed by atoms with van der Waals surface area (Å²) >= 11 is 5.95. The van der Waals surface area contributed by atoms with Crippen molar-refractivity contribution in [2.75, 3.05) is 6.54 Å². The number of nitrogens with zero attached hydrogens (tertiary/aromatic N) is 1. The van der Waals surface area contributed by atoms with E-state index in [9.17, 15) is 4.79 Å². The third-order valence-electron chi connectivity index (χ3n) is 2.98. The normalized spacial score (nSPS) is 11.4. The smallest absolute Gasteiger partial charge is 0.222 e. The molecule has 0 aromatic heterocycles. The van der Waals surface area contributed by atoms with Gasteiger partial charge in [0, 0.05) is 30.1 Å². The highest BCUT2D eigenvalue weighted by Crippen LogP contribution is 2.14. The van der Waals surface area contributed by atoms with Gasteiger partial charge in [-0.25, -0.2) is 0 Å². The van der Waals surface area contributed by atoms with E-state index < -0.39 is 0 Å². The summed E-state index contributed by atoms with van der Waals surface area (Å²) in [7, 11) is 0. The third kappa shape index (κ3) is 6.08. The molecule has 4 heteroatoms. The maximum absolute atomic E-state index is 12.1. The van der Waals surface area contributed by atoms with Gasteiger partial charge in [0.15, 0.2) is 0 Å². The number of rotatable bonds is 6. The highest BCUT2D eigenvalue weighted by Gasteiger charge is 2.17. The zero-order chi connectivity index (χ0) is 14.5. The van der Waals surface area contributed by atoms with Gasteiger partial charge in [0.25, 0.3) is 0 Å². The second kappa shape index (κ2) is 6.92. The van der Waals surface area contributed by atoms with E-state index >= 15 is 0 Å². The Hall–Kier alpha value is -1.06. The first-order valence-electron chi connectivity index (χ1n) is 6.63. The van der Waals surface area contributed by atoms with Crippen LogP contribution in [0, 0.1) is 0 Å². The van der Waals surface area contributed by atoms with E-state index in [-0.39, 0.29) is 11.4 Å². The van der Waals surface area contributed by atoms with Crippen molar-refractivity contribution in [2.45, 2.75) is 45.7 Å². The average Bonchev–Trinajstić information content (AvgIpc) is 2.32. The van der Waals surface area contributed by atoms with Gasteiger partial charge in [-0.3, -0.25) is 4.79 Å². The van der Waals surface area contributed by atoms with Crippen LogP contribution in [0.15, 0.2) is 24.3 Å². The number of carbonyl (C=O) groups excluding carboxylic acids is 1. The van der Waals surface area contributed by atoms with E-state index in [0.29, 0.717) is 31.0 Å². The fourth-order valence-electron chi connectivity index (χ4n) is 1.82. The fourth-order valence-corrected chi connectivity index (χ4v) is 2.03. The summed E-state index contributed by atoms with van der Waals surface area (Å²) in [6.45, 7) is 7.15. The summed E-state index contributed by atoms with van der Waals surface area (Å²) in [6, 6.07) is 7.61. The van der Waals surface area contributed by atoms with Gasteiger partial charge < -0.3 is 10.6 Å². The van der Waals surface area contributed by atoms with Crippen molar-refractivity contribution in [1.82, 2.24) is 4.90 Å². The summed E-state index contributed by atoms with van der Waals surface area (Å²) in [5.41, 5.74) is 6.66. The number of hydrogen-bond donors (Lipinski definition) is 1. The van der Waals surface area contributed by atoms with E-state index in [2.05, 4.69) is 0 Å². The van der Waals surface area contributed by atoms with E-state index in [1.807, 2.05) is 49.9 Å². The van der Waals surface area contributed by atoms with Crippen LogP contribution in [0.1, 0.15) is 39.2 Å². The summed E-state index contributed by atoms with van der Waals surface area (Å²) in [5, 5.41) is 0.698. The van der Waals surface area contributed by atoms with E-state index in [1.54, 1.807) is 0 Å². The molecule has 3 nitrogen and oxygen atoms in total. The second-order valence-corrected chi connectivity index (χ2v) is 5.96. The molecule has 0 aliphatic rings. The number of halogens is 1. The maximum Gasteiger partial charge on any atom is 0.222 e. The van der Waals surface area contributed by atoms with Gasteiger partial charge in [-0.1, -0.05) is 23.7 Å². The number of hydrogen-bond acceptors (Lipinski definition) is 2. The van der Waals surface area contributed by atoms with Gasteiger partial charge in [-0.15, -0.1) is 0 Å². The molecule has 0 bridgehead atoms. The van der Waals surface area contributed by atoms with Crippen LogP contribution in [-0.2, 0) is 11.3 Å². The molecule has 0 unspecified atom stereocenters. The lowest BCUT2D eigenvalue weighted by atomic mass is 9.99. The molecule has 106 valence electrons. The molecule has 0 aliphatic carbocycles. The molecule has 0 fully saturated rings. The predicted molar refractivity (Wildman–Crippen MR) is 80.0 cm³/mol. The highest BCUT2D eigenvalue weighted by molar-refractivity contribution is 6.30. The van der Waals surface area contributed by atoms with Crippen LogP contribution in [0.25, 0.3) is 0 Å². The number of amides is 1. The molecule has 1 rings (SSSR count). The predicted octanol–water partition coefficient (Wildman–Crippen LogP) is 3.21. The SMILES string of the molecule is CCN(Cc1cccc(Cl)c1)C(=O)CCC(C)(C)N. The molecule has 19 heavy (non-hydrogen) atoms. The minimum absolute atomic E-state index is 0.140. The topological polar surface area (TPSA) is 46.3 Å². The zero-order valence-electron chi connectivity index (χ0n) is 11.9. The molecule has 1 amide bonds. The lowest BCUT2D eigenvalue weighted by Crippen LogP contribution is -2.36. The van der Waals surface area contributed by atoms with E-state index in [1.165, 1.54) is 0 Å². The van der Waals surface area contributed by atoms with Crippen LogP contribution in [0.4, 0.5) is 0 Å². The molecule has 0 saturated heterocycles. The van der Waals surface area contributed by atoms with Crippen molar-refractivity contribution in [3.8, 4) is 0 Å². The van der Waals surface area contributed by atoms with E-state index in [0.717, 1.165) is 5.56 Å². The summed E-state index contributed by atoms with van der Waals surface area (Å²) in [5.74, 6) is 0.140. The summed E-state index contributed by atoms with van der Waals surface area (Å²) in [6.07, 6.45) is 1.18. The molecule has 0 aliphatic heterocycles. The van der Waals surface area contributed by atoms with Gasteiger partial charge in [0.05, 0.1) is 0 Å². The molecule has 0 heterocycles. The Balaban J connectivity index is 2.60. The molecular weight excluding hydrogens is 260 g/mol. The molecule has 1 aromatic carbocycles. The van der Waals surface area contributed by atoms with Crippen molar-refractivity contribution in [3.05, 3.63) is 34.9 Å². The van der Waals surface area contributed by atoms with Crippen LogP contribution in [0.3, 0.4) is 0 Å². The lowest BCUT2D eigenvalue weighted by Gasteiger charge is -2.24. The van der Waals surface area contributed by atoms with Gasteiger partial charge in [0.1, 0.15) is 0 Å². The minimum Gasteiger partial charge on any atom is -0.339 e. The molecule has 0 saturated carbocycles. The van der Waals surface area contributed by atoms with Crippen LogP contribution in [0.5, 0.6) is 0 Å². The quantitative estimate of drug-likeness (QED) is 0.871. The van der Waals surface area contributed by atoms with Crippen molar-refractivity contribution < 1.29 is 4.79 Å². The third-order valence-corrected chi connectivity index (χ3v) is 3.22. The van der Waals surface area contributed by atoms with Crippen LogP contribution >= 0.6 is 11.6 Å². The molecular formula is C15H23ClN2O. The Morgan fingerprint density at radius 1 is 1.42 bits per heavy atom. The summed E-state index contributed by atoms with van der Waals surface area (Å²) in [4.78, 5) is 14.0. The Morgan fingerprint density at radius 2 is 2.11 bits per heavy atom. The first-order chi connectivity index (χ1) is 8.81. The van der Waals surface area contributed by atoms with Crippen molar-refractivity contribution in [2.24, 2.45) is 5.73 Å². The molecule has 2 N–H and O–H groups in total. The Bertz CT molecular complexity index is 426. The molecule has 0 atom stereocenters. The summed E-state index contributed by atoms with van der Waals surface area (Å²) < 4.78 is 0. The maximum atomic E-state index is 12.1. The van der Waals surface area contributed by atoms with Crippen LogP contribution in [0.2, 0.25) is 5.02 Å². The van der Waals surface area contributed by atoms with Crippen LogP contribution < -0.4 is 5.73 Å². The Labute approximate surface area is 120 Å². The Kier molecular flexibility index (Phi) is 5.83. The fraction of sp³-hybridized carbons (Fsp3) is 0.533. The van der Waals surface area contributed by atoms with Gasteiger partial charge in [-0.05, 0) is 44.9 Å². The molecule has 1 aromatic rings. The number of nitrogens with two attached hydrogens (primary N) is 1. The molecule has 0 radical (unpaired) electrons. The number of benzene rings is 1. The van der Waals surface area contributed by atoms with Crippen molar-refractivity contribution in [3.63, 3.8) is 0 Å². The second-order valence-electron chi connectivity index (χ2n) is 5.53. The Morgan fingerprint density at radius 3 is 2.63 bits per heavy atom. The first-order valence-corrected chi connectivity index (χ1v) is 7.00. The average molecular weight is 283 g/mol. The van der Waals surface area contributed by atoms with Gasteiger partial charge in [-0.2, -0.15) is 0 Å². The van der Waals surface area contributed by atoms with Crippen LogP contribution in [-0.4, -0.2) is 22.9 Å². The largest absolute Gasteiger partial charge is 0.339 e. The standard InChI is InChI=1S/C15H23ClN2O/c1-4-18(14(19)8-9-15(2,3)17)11-12-6-5-7-13(16)10-12/h5-7,10H,4,8-9,11,17H2,1-3H3. The highest BCUT2D eigenvalue weighted by atomic mass is 35.5. The van der Waals surface area contributed by atoms with Crippen molar-refractivity contribution in [1.29, 1.82) is 0 Å². The van der Waals surface area contributed by atoms with Gasteiger partial charge in [0.2, 0.25) is 5.91 Å². The zero-order valence-corrected chi connectivity index (χ0v) is 12.7. The lowest BCUT2D eigenvalue weighted by molar-refractivity contribution is -0.132.